The maximum atomic E-state index is 14.0. The zero-order chi connectivity index (χ0) is 49.3. The van der Waals surface area contributed by atoms with Gasteiger partial charge in [-0.1, -0.05) is 78.7 Å². The zero-order valence-corrected chi connectivity index (χ0v) is 41.1. The van der Waals surface area contributed by atoms with Gasteiger partial charge in [-0.15, -0.1) is 0 Å². The molecule has 7 rings (SSSR count). The number of hydrogen-bond donors (Lipinski definition) is 9. The summed E-state index contributed by atoms with van der Waals surface area (Å²) in [7, 11) is 0. The predicted octanol–water partition coefficient (Wildman–Crippen LogP) is 3.07. The second kappa shape index (κ2) is 19.5. The van der Waals surface area contributed by atoms with Crippen LogP contribution in [0.2, 0.25) is 0 Å². The van der Waals surface area contributed by atoms with E-state index in [2.05, 4.69) is 67.3 Å². The average molecular weight is 952 g/mol. The van der Waals surface area contributed by atoms with E-state index in [1.165, 1.54) is 18.1 Å². The lowest BCUT2D eigenvalue weighted by molar-refractivity contribution is -0.376. The molecule has 3 saturated heterocycles. The molecule has 5 fully saturated rings. The van der Waals surface area contributed by atoms with Gasteiger partial charge in [0.15, 0.2) is 18.9 Å². The molecule has 2 saturated carbocycles. The van der Waals surface area contributed by atoms with Crippen LogP contribution in [-0.2, 0) is 38.0 Å². The third-order valence-electron chi connectivity index (χ3n) is 18.2. The highest BCUT2D eigenvalue weighted by molar-refractivity contribution is 5.82. The number of carbonyl (C=O) groups excluding carboxylic acids is 1. The maximum absolute atomic E-state index is 14.0. The Kier molecular flexibility index (Phi) is 15.3. The van der Waals surface area contributed by atoms with Crippen molar-refractivity contribution in [2.24, 2.45) is 44.8 Å². The van der Waals surface area contributed by atoms with Crippen LogP contribution in [-0.4, -0.2) is 159 Å². The van der Waals surface area contributed by atoms with Gasteiger partial charge in [-0.05, 0) is 104 Å². The summed E-state index contributed by atoms with van der Waals surface area (Å²) in [5.74, 6) is -0.605. The summed E-state index contributed by atoms with van der Waals surface area (Å²) in [6.07, 6.45) is -10.9. The van der Waals surface area contributed by atoms with Crippen LogP contribution in [0, 0.1) is 44.8 Å². The molecule has 0 radical (unpaired) electrons. The molecule has 17 heteroatoms. The van der Waals surface area contributed by atoms with Gasteiger partial charge in [-0.25, -0.2) is 0 Å². The Morgan fingerprint density at radius 3 is 2.10 bits per heavy atom. The number of fused-ring (bicyclic) bond motifs is 4. The standard InChI is InChI=1S/C50H81NO16/c1-24(11-12-25(2)46(4,5)6)27-16-20-50(45(60)61)29-13-14-33-47(7,8)34(17-18-48(33,9)28(29)15-19-49(27,50)10)65-44-41(67-42-35(51-26(3)53)38(58)37(57)32(21-52)64-42)40(31(55)23-63-44)66-43-39(59)36(56)30(54)22-62-43/h24,27,30-44,52,54-59H,2,11-23H2,1,3-10H3,(H,51,53)(H,60,61)/t24-,27-,30+,31+,32-,33-,34+,35-,36+,37-,38-,39-,40+,41-,42+,43+,44+,48-,49-,50+/m1/s1. The highest BCUT2D eigenvalue weighted by atomic mass is 16.8. The average Bonchev–Trinajstić information content (AvgIpc) is 3.59. The summed E-state index contributed by atoms with van der Waals surface area (Å²) >= 11 is 0. The lowest BCUT2D eigenvalue weighted by Crippen LogP contribution is -2.68. The van der Waals surface area contributed by atoms with Crippen LogP contribution in [0.5, 0.6) is 0 Å². The van der Waals surface area contributed by atoms with Gasteiger partial charge >= 0.3 is 5.97 Å². The van der Waals surface area contributed by atoms with E-state index in [0.29, 0.717) is 31.6 Å². The van der Waals surface area contributed by atoms with E-state index in [9.17, 15) is 50.4 Å². The number of carbonyl (C=O) groups is 2. The van der Waals surface area contributed by atoms with Crippen molar-refractivity contribution in [1.29, 1.82) is 0 Å². The summed E-state index contributed by atoms with van der Waals surface area (Å²) in [5.41, 5.74) is 1.47. The van der Waals surface area contributed by atoms with Gasteiger partial charge in [0.1, 0.15) is 61.0 Å². The van der Waals surface area contributed by atoms with Crippen LogP contribution >= 0.6 is 0 Å². The highest BCUT2D eigenvalue weighted by Crippen LogP contribution is 2.73. The summed E-state index contributed by atoms with van der Waals surface area (Å²) in [4.78, 5) is 26.3. The Balaban J connectivity index is 1.17. The van der Waals surface area contributed by atoms with Crippen LogP contribution < -0.4 is 5.32 Å². The third kappa shape index (κ3) is 9.23. The predicted molar refractivity (Wildman–Crippen MR) is 241 cm³/mol. The number of hydrogen-bond acceptors (Lipinski definition) is 15. The molecule has 0 spiro atoms. The summed E-state index contributed by atoms with van der Waals surface area (Å²) < 4.78 is 37.4. The van der Waals surface area contributed by atoms with Crippen LogP contribution in [0.3, 0.4) is 0 Å². The van der Waals surface area contributed by atoms with Crippen LogP contribution in [0.1, 0.15) is 127 Å². The quantitative estimate of drug-likeness (QED) is 0.120. The number of aliphatic hydroxyl groups is 7. The number of nitrogens with one attached hydrogen (secondary N) is 1. The number of carboxylic acid groups (broad SMARTS) is 1. The Hall–Kier alpha value is -2.10. The van der Waals surface area contributed by atoms with E-state index in [-0.39, 0.29) is 35.9 Å². The minimum atomic E-state index is -1.73. The number of aliphatic hydroxyl groups excluding tert-OH is 7. The van der Waals surface area contributed by atoms with Crippen molar-refractivity contribution in [3.8, 4) is 0 Å². The molecule has 9 N–H and O–H groups in total. The molecule has 0 bridgehead atoms. The molecule has 3 heterocycles. The molecule has 17 nitrogen and oxygen atoms in total. The smallest absolute Gasteiger partial charge is 0.314 e. The topological polar surface area (TPSA) is 263 Å². The summed E-state index contributed by atoms with van der Waals surface area (Å²) in [6.45, 7) is 21.9. The number of ether oxygens (including phenoxy) is 6. The van der Waals surface area contributed by atoms with Crippen molar-refractivity contribution in [2.45, 2.75) is 212 Å². The fraction of sp³-hybridized carbons (Fsp3) is 0.880. The number of amides is 1. The summed E-state index contributed by atoms with van der Waals surface area (Å²) in [5, 5.41) is 89.0. The first-order valence-electron chi connectivity index (χ1n) is 24.7. The molecule has 1 amide bonds. The van der Waals surface area contributed by atoms with Gasteiger partial charge in [-0.2, -0.15) is 0 Å². The summed E-state index contributed by atoms with van der Waals surface area (Å²) in [6, 6.07) is -1.38. The molecule has 0 aromatic carbocycles. The molecule has 0 aromatic rings. The van der Waals surface area contributed by atoms with Crippen LogP contribution in [0.15, 0.2) is 23.3 Å². The van der Waals surface area contributed by atoms with Gasteiger partial charge in [0.2, 0.25) is 5.91 Å². The number of allylic oxidation sites excluding steroid dienone is 2. The van der Waals surface area contributed by atoms with Gasteiger partial charge in [0.25, 0.3) is 0 Å². The van der Waals surface area contributed by atoms with E-state index in [1.54, 1.807) is 0 Å². The van der Waals surface area contributed by atoms with Crippen molar-refractivity contribution in [1.82, 2.24) is 5.32 Å². The maximum Gasteiger partial charge on any atom is 0.314 e. The first kappa shape index (κ1) is 52.7. The largest absolute Gasteiger partial charge is 0.481 e. The van der Waals surface area contributed by atoms with Gasteiger partial charge < -0.3 is 74.6 Å². The van der Waals surface area contributed by atoms with E-state index in [0.717, 1.165) is 44.1 Å². The molecule has 3 aliphatic heterocycles. The molecular formula is C50H81NO16. The first-order valence-corrected chi connectivity index (χ1v) is 24.7. The Morgan fingerprint density at radius 2 is 1.46 bits per heavy atom. The Bertz CT molecular complexity index is 1850. The minimum Gasteiger partial charge on any atom is -0.481 e. The van der Waals surface area contributed by atoms with Crippen molar-refractivity contribution >= 4 is 11.9 Å². The molecule has 67 heavy (non-hydrogen) atoms. The van der Waals surface area contributed by atoms with Crippen molar-refractivity contribution < 1.29 is 78.9 Å². The van der Waals surface area contributed by atoms with Crippen LogP contribution in [0.25, 0.3) is 0 Å². The first-order chi connectivity index (χ1) is 31.2. The van der Waals surface area contributed by atoms with E-state index < -0.39 is 121 Å². The third-order valence-corrected chi connectivity index (χ3v) is 18.2. The molecule has 0 unspecified atom stereocenters. The fourth-order valence-electron chi connectivity index (χ4n) is 14.1. The van der Waals surface area contributed by atoms with Crippen molar-refractivity contribution in [2.75, 3.05) is 19.8 Å². The molecule has 382 valence electrons. The van der Waals surface area contributed by atoms with Crippen molar-refractivity contribution in [3.05, 3.63) is 23.3 Å². The highest BCUT2D eigenvalue weighted by Gasteiger charge is 2.69. The molecule has 0 aromatic heterocycles. The number of aliphatic carboxylic acids is 1. The molecule has 4 aliphatic carbocycles. The number of rotatable bonds is 13. The lowest BCUT2D eigenvalue weighted by Gasteiger charge is -2.62. The Labute approximate surface area is 395 Å². The fourth-order valence-corrected chi connectivity index (χ4v) is 14.1. The SMILES string of the molecule is C=C(CC[C@@H](C)[C@H]1CC[C@@]2(C(=O)O)C3=C(CC[C@]12C)[C@@]1(C)CC[C@H](O[C@@H]2OC[C@H](O)[C@H](O[C@@H]4OC[C@H](O)[C@H](O)[C@H]4O)[C@H]2O[C@@H]2O[C@H](CO)[C@@H](O)[C@H](O)[C@H]2NC(C)=O)C(C)(C)[C@H]1CC3)C(C)(C)C. The van der Waals surface area contributed by atoms with E-state index >= 15 is 0 Å². The molecule has 7 aliphatic rings. The normalized spacial score (nSPS) is 45.9. The minimum absolute atomic E-state index is 0.0212. The molecule has 20 atom stereocenters. The second-order valence-corrected chi connectivity index (χ2v) is 23.2. The Morgan fingerprint density at radius 1 is 0.806 bits per heavy atom. The van der Waals surface area contributed by atoms with E-state index in [4.69, 9.17) is 28.4 Å². The lowest BCUT2D eigenvalue weighted by atomic mass is 9.43. The van der Waals surface area contributed by atoms with E-state index in [1.807, 2.05) is 0 Å². The van der Waals surface area contributed by atoms with Crippen molar-refractivity contribution in [3.63, 3.8) is 0 Å². The van der Waals surface area contributed by atoms with Crippen LogP contribution in [0.4, 0.5) is 0 Å². The number of carboxylic acids is 1. The monoisotopic (exact) mass is 952 g/mol. The zero-order valence-electron chi connectivity index (χ0n) is 41.1. The molecular weight excluding hydrogens is 871 g/mol. The van der Waals surface area contributed by atoms with Gasteiger partial charge in [0, 0.05) is 6.92 Å². The second-order valence-electron chi connectivity index (χ2n) is 23.2. The van der Waals surface area contributed by atoms with Gasteiger partial charge in [-0.3, -0.25) is 9.59 Å². The van der Waals surface area contributed by atoms with Gasteiger partial charge in [0.05, 0.1) is 31.3 Å².